The monoisotopic (exact) mass is 423 g/mol. The standard InChI is InChI=1S/C18H28F3N3O3S/c1-6-22-16(23-9-10-28(5,25)26)24-12-13-7-8-14(27-17(2,3)4)11-15(13)18(19,20)21/h7-8,11H,6,9-10,12H2,1-5H3,(H2,22,23,24). The molecule has 0 fully saturated rings. The average molecular weight is 424 g/mol. The smallest absolute Gasteiger partial charge is 0.416 e. The topological polar surface area (TPSA) is 79.8 Å². The zero-order chi connectivity index (χ0) is 21.6. The van der Waals surface area contributed by atoms with E-state index in [1.54, 1.807) is 27.7 Å². The predicted octanol–water partition coefficient (Wildman–Crippen LogP) is 2.98. The van der Waals surface area contributed by atoms with Crippen molar-refractivity contribution in [2.45, 2.75) is 46.0 Å². The van der Waals surface area contributed by atoms with Crippen molar-refractivity contribution in [1.82, 2.24) is 10.6 Å². The molecule has 10 heteroatoms. The Morgan fingerprint density at radius 3 is 2.32 bits per heavy atom. The summed E-state index contributed by atoms with van der Waals surface area (Å²) >= 11 is 0. The summed E-state index contributed by atoms with van der Waals surface area (Å²) in [7, 11) is -3.16. The number of rotatable bonds is 7. The SMILES string of the molecule is CCNC(=NCc1ccc(OC(C)(C)C)cc1C(F)(F)F)NCCS(C)(=O)=O. The molecule has 0 aliphatic rings. The molecule has 0 bridgehead atoms. The molecule has 0 heterocycles. The molecule has 2 N–H and O–H groups in total. The van der Waals surface area contributed by atoms with E-state index in [2.05, 4.69) is 15.6 Å². The zero-order valence-corrected chi connectivity index (χ0v) is 17.6. The molecule has 1 rings (SSSR count). The van der Waals surface area contributed by atoms with Crippen molar-refractivity contribution in [3.8, 4) is 5.75 Å². The molecule has 0 unspecified atom stereocenters. The lowest BCUT2D eigenvalue weighted by molar-refractivity contribution is -0.138. The molecule has 160 valence electrons. The molecule has 0 aliphatic carbocycles. The molecule has 1 aromatic carbocycles. The molecule has 0 spiro atoms. The lowest BCUT2D eigenvalue weighted by atomic mass is 10.1. The molecular weight excluding hydrogens is 395 g/mol. The number of hydrogen-bond donors (Lipinski definition) is 2. The molecule has 0 aliphatic heterocycles. The van der Waals surface area contributed by atoms with Gasteiger partial charge in [0.2, 0.25) is 0 Å². The summed E-state index contributed by atoms with van der Waals surface area (Å²) in [5, 5.41) is 5.68. The van der Waals surface area contributed by atoms with Crippen LogP contribution in [-0.2, 0) is 22.6 Å². The van der Waals surface area contributed by atoms with E-state index in [0.717, 1.165) is 12.3 Å². The first-order valence-corrected chi connectivity index (χ1v) is 10.9. The number of ether oxygens (including phenoxy) is 1. The van der Waals surface area contributed by atoms with Crippen molar-refractivity contribution in [1.29, 1.82) is 0 Å². The number of nitrogens with zero attached hydrogens (tertiary/aromatic N) is 1. The summed E-state index contributed by atoms with van der Waals surface area (Å²) in [6.07, 6.45) is -3.44. The summed E-state index contributed by atoms with van der Waals surface area (Å²) in [5.74, 6) is 0.268. The summed E-state index contributed by atoms with van der Waals surface area (Å²) in [6, 6.07) is 3.79. The first-order valence-electron chi connectivity index (χ1n) is 8.80. The van der Waals surface area contributed by atoms with E-state index in [-0.39, 0.29) is 36.1 Å². The Kier molecular flexibility index (Phi) is 8.16. The van der Waals surface area contributed by atoms with Crippen molar-refractivity contribution in [2.24, 2.45) is 4.99 Å². The van der Waals surface area contributed by atoms with Crippen LogP contribution in [0.5, 0.6) is 5.75 Å². The maximum atomic E-state index is 13.5. The van der Waals surface area contributed by atoms with Crippen LogP contribution in [0, 0.1) is 0 Å². The van der Waals surface area contributed by atoms with Gasteiger partial charge in [-0.25, -0.2) is 13.4 Å². The van der Waals surface area contributed by atoms with E-state index < -0.39 is 27.2 Å². The van der Waals surface area contributed by atoms with Gasteiger partial charge < -0.3 is 15.4 Å². The van der Waals surface area contributed by atoms with Gasteiger partial charge in [-0.15, -0.1) is 0 Å². The van der Waals surface area contributed by atoms with Gasteiger partial charge in [-0.1, -0.05) is 6.07 Å². The lowest BCUT2D eigenvalue weighted by Crippen LogP contribution is -2.39. The average Bonchev–Trinajstić information content (AvgIpc) is 2.49. The Labute approximate surface area is 164 Å². The molecular formula is C18H28F3N3O3S. The Morgan fingerprint density at radius 1 is 1.18 bits per heavy atom. The van der Waals surface area contributed by atoms with Crippen LogP contribution in [0.25, 0.3) is 0 Å². The fourth-order valence-electron chi connectivity index (χ4n) is 2.24. The zero-order valence-electron chi connectivity index (χ0n) is 16.8. The Balaban J connectivity index is 3.04. The minimum atomic E-state index is -4.55. The molecule has 0 radical (unpaired) electrons. The lowest BCUT2D eigenvalue weighted by Gasteiger charge is -2.22. The number of sulfone groups is 1. The van der Waals surface area contributed by atoms with Crippen LogP contribution < -0.4 is 15.4 Å². The van der Waals surface area contributed by atoms with Crippen LogP contribution in [0.1, 0.15) is 38.8 Å². The number of hydrogen-bond acceptors (Lipinski definition) is 4. The molecule has 0 amide bonds. The third-order valence-electron chi connectivity index (χ3n) is 3.33. The summed E-state index contributed by atoms with van der Waals surface area (Å²) in [4.78, 5) is 4.14. The Morgan fingerprint density at radius 2 is 1.82 bits per heavy atom. The minimum absolute atomic E-state index is 0.00549. The van der Waals surface area contributed by atoms with E-state index in [4.69, 9.17) is 4.74 Å². The Hall–Kier alpha value is -1.97. The van der Waals surface area contributed by atoms with Crippen LogP contribution in [0.15, 0.2) is 23.2 Å². The van der Waals surface area contributed by atoms with Gasteiger partial charge in [0.15, 0.2) is 5.96 Å². The molecule has 6 nitrogen and oxygen atoms in total. The number of alkyl halides is 3. The quantitative estimate of drug-likeness (QED) is 0.521. The largest absolute Gasteiger partial charge is 0.488 e. The van der Waals surface area contributed by atoms with Gasteiger partial charge in [-0.2, -0.15) is 13.2 Å². The Bertz CT molecular complexity index is 785. The van der Waals surface area contributed by atoms with Gasteiger partial charge in [-0.3, -0.25) is 0 Å². The molecule has 0 saturated carbocycles. The van der Waals surface area contributed by atoms with Gasteiger partial charge >= 0.3 is 6.18 Å². The van der Waals surface area contributed by atoms with Crippen molar-refractivity contribution in [2.75, 3.05) is 25.1 Å². The van der Waals surface area contributed by atoms with Crippen LogP contribution in [0.3, 0.4) is 0 Å². The van der Waals surface area contributed by atoms with Crippen LogP contribution in [0.4, 0.5) is 13.2 Å². The molecule has 28 heavy (non-hydrogen) atoms. The van der Waals surface area contributed by atoms with Crippen LogP contribution >= 0.6 is 0 Å². The van der Waals surface area contributed by atoms with E-state index >= 15 is 0 Å². The summed E-state index contributed by atoms with van der Waals surface area (Å²) < 4.78 is 68.3. The van der Waals surface area contributed by atoms with Gasteiger partial charge in [-0.05, 0) is 45.4 Å². The fraction of sp³-hybridized carbons (Fsp3) is 0.611. The van der Waals surface area contributed by atoms with Crippen molar-refractivity contribution >= 4 is 15.8 Å². The van der Waals surface area contributed by atoms with Crippen molar-refractivity contribution < 1.29 is 26.3 Å². The fourth-order valence-corrected chi connectivity index (χ4v) is 2.71. The number of guanidine groups is 1. The van der Waals surface area contributed by atoms with E-state index in [9.17, 15) is 21.6 Å². The van der Waals surface area contributed by atoms with E-state index in [1.807, 2.05) is 0 Å². The van der Waals surface area contributed by atoms with Gasteiger partial charge in [0.25, 0.3) is 0 Å². The highest BCUT2D eigenvalue weighted by molar-refractivity contribution is 7.90. The van der Waals surface area contributed by atoms with E-state index in [0.29, 0.717) is 6.54 Å². The van der Waals surface area contributed by atoms with Crippen molar-refractivity contribution in [3.05, 3.63) is 29.3 Å². The normalized spacial score (nSPS) is 13.4. The third kappa shape index (κ3) is 9.29. The predicted molar refractivity (Wildman–Crippen MR) is 104 cm³/mol. The number of nitrogens with one attached hydrogen (secondary N) is 2. The molecule has 0 aromatic heterocycles. The number of halogens is 3. The third-order valence-corrected chi connectivity index (χ3v) is 4.27. The van der Waals surface area contributed by atoms with E-state index in [1.165, 1.54) is 12.1 Å². The molecule has 0 atom stereocenters. The second-order valence-corrected chi connectivity index (χ2v) is 9.54. The highest BCUT2D eigenvalue weighted by Gasteiger charge is 2.34. The number of benzene rings is 1. The minimum Gasteiger partial charge on any atom is -0.488 e. The second-order valence-electron chi connectivity index (χ2n) is 7.28. The molecule has 1 aromatic rings. The summed E-state index contributed by atoms with van der Waals surface area (Å²) in [6.45, 7) is 7.42. The van der Waals surface area contributed by atoms with Crippen LogP contribution in [0.2, 0.25) is 0 Å². The summed E-state index contributed by atoms with van der Waals surface area (Å²) in [5.41, 5.74) is -1.44. The van der Waals surface area contributed by atoms with Gasteiger partial charge in [0, 0.05) is 19.3 Å². The van der Waals surface area contributed by atoms with Crippen molar-refractivity contribution in [3.63, 3.8) is 0 Å². The van der Waals surface area contributed by atoms with Crippen LogP contribution in [-0.4, -0.2) is 45.1 Å². The van der Waals surface area contributed by atoms with Gasteiger partial charge in [0.1, 0.15) is 21.2 Å². The maximum Gasteiger partial charge on any atom is 0.416 e. The number of aliphatic imine (C=N–C) groups is 1. The van der Waals surface area contributed by atoms with Gasteiger partial charge in [0.05, 0.1) is 17.9 Å². The highest BCUT2D eigenvalue weighted by Crippen LogP contribution is 2.35. The first-order chi connectivity index (χ1) is 12.7. The highest BCUT2D eigenvalue weighted by atomic mass is 32.2. The first kappa shape index (κ1) is 24.1. The maximum absolute atomic E-state index is 13.5. The molecule has 0 saturated heterocycles. The second kappa shape index (κ2) is 9.49.